The molecule has 6 rings (SSSR count). The van der Waals surface area contributed by atoms with Crippen LogP contribution in [0, 0.1) is 11.8 Å². The van der Waals surface area contributed by atoms with Crippen LogP contribution in [0.15, 0.2) is 12.4 Å². The zero-order valence-corrected chi connectivity index (χ0v) is 22.3. The molecule has 0 bridgehead atoms. The number of aryl methyl sites for hydroxylation is 2. The van der Waals surface area contributed by atoms with Gasteiger partial charge in [-0.25, -0.2) is 0 Å². The Balaban J connectivity index is 1.29. The van der Waals surface area contributed by atoms with Crippen LogP contribution in [0.2, 0.25) is 0 Å². The number of aromatic nitrogens is 5. The maximum Gasteiger partial charge on any atom is 0.435 e. The molecule has 2 amide bonds. The molecular weight excluding hydrogens is 533 g/mol. The number of hydrogen-bond acceptors (Lipinski definition) is 7. The van der Waals surface area contributed by atoms with Gasteiger partial charge in [0.2, 0.25) is 11.9 Å². The highest BCUT2D eigenvalue weighted by molar-refractivity contribution is 7.17. The second-order valence-electron chi connectivity index (χ2n) is 10.7. The SMILES string of the molecule is CC1c2c(sc(NC(=O)C3CC3)c2C(=O)NCC2CC2)CCC1n1cnnc1Nc1cc(C(F)(F)F)nn1C. The van der Waals surface area contributed by atoms with Crippen molar-refractivity contribution < 1.29 is 22.8 Å². The van der Waals surface area contributed by atoms with Gasteiger partial charge in [-0.2, -0.15) is 18.3 Å². The zero-order chi connectivity index (χ0) is 27.5. The fraction of sp³-hybridized carbons (Fsp3) is 0.560. The second kappa shape index (κ2) is 9.65. The van der Waals surface area contributed by atoms with E-state index in [1.54, 1.807) is 10.9 Å². The van der Waals surface area contributed by atoms with Crippen molar-refractivity contribution in [3.8, 4) is 0 Å². The summed E-state index contributed by atoms with van der Waals surface area (Å²) in [6.45, 7) is 2.64. The minimum Gasteiger partial charge on any atom is -0.352 e. The number of amides is 2. The molecule has 2 atom stereocenters. The third-order valence-corrected chi connectivity index (χ3v) is 8.90. The highest BCUT2D eigenvalue weighted by Crippen LogP contribution is 2.48. The molecule has 2 fully saturated rings. The number of nitrogens with one attached hydrogen (secondary N) is 3. The molecular formula is C25H29F3N8O2S. The zero-order valence-electron chi connectivity index (χ0n) is 21.5. The van der Waals surface area contributed by atoms with E-state index in [0.717, 1.165) is 46.9 Å². The third kappa shape index (κ3) is 5.13. The molecule has 3 aliphatic carbocycles. The standard InChI is InChI=1S/C25H29F3N8O2S/c1-12-15(36-11-30-33-24(36)31-18-9-17(25(26,27)28)34-35(18)2)7-8-16-19(12)20(22(38)29-10-13-3-4-13)23(39-16)32-21(37)14-5-6-14/h9,11-15H,3-8,10H2,1-2H3,(H,29,38)(H,31,33)(H,32,37). The lowest BCUT2D eigenvalue weighted by atomic mass is 9.82. The summed E-state index contributed by atoms with van der Waals surface area (Å²) < 4.78 is 42.4. The second-order valence-corrected chi connectivity index (χ2v) is 11.8. The van der Waals surface area contributed by atoms with Gasteiger partial charge >= 0.3 is 6.18 Å². The van der Waals surface area contributed by atoms with Crippen LogP contribution in [-0.2, 0) is 24.4 Å². The first kappa shape index (κ1) is 25.8. The average Bonchev–Trinajstić information content (AvgIpc) is 3.79. The molecule has 3 heterocycles. The van der Waals surface area contributed by atoms with Crippen LogP contribution in [0.3, 0.4) is 0 Å². The van der Waals surface area contributed by atoms with Gasteiger partial charge in [-0.05, 0) is 50.0 Å². The lowest BCUT2D eigenvalue weighted by Crippen LogP contribution is -2.30. The van der Waals surface area contributed by atoms with E-state index >= 15 is 0 Å². The molecule has 3 aliphatic rings. The minimum atomic E-state index is -4.57. The number of fused-ring (bicyclic) bond motifs is 1. The Morgan fingerprint density at radius 1 is 1.18 bits per heavy atom. The topological polar surface area (TPSA) is 119 Å². The minimum absolute atomic E-state index is 0.00666. The Hall–Kier alpha value is -3.42. The Morgan fingerprint density at radius 3 is 2.62 bits per heavy atom. The van der Waals surface area contributed by atoms with Gasteiger partial charge in [-0.1, -0.05) is 6.92 Å². The first-order valence-corrected chi connectivity index (χ1v) is 13.9. The van der Waals surface area contributed by atoms with Gasteiger partial charge in [0.15, 0.2) is 5.69 Å². The van der Waals surface area contributed by atoms with E-state index in [2.05, 4.69) is 31.2 Å². The van der Waals surface area contributed by atoms with E-state index in [1.165, 1.54) is 18.4 Å². The molecule has 10 nitrogen and oxygen atoms in total. The molecule has 3 aromatic rings. The Labute approximate surface area is 226 Å². The van der Waals surface area contributed by atoms with Crippen LogP contribution < -0.4 is 16.0 Å². The average molecular weight is 563 g/mol. The van der Waals surface area contributed by atoms with E-state index in [1.807, 2.05) is 6.92 Å². The van der Waals surface area contributed by atoms with Gasteiger partial charge in [0.1, 0.15) is 17.1 Å². The monoisotopic (exact) mass is 562 g/mol. The first-order valence-electron chi connectivity index (χ1n) is 13.1. The number of carbonyl (C=O) groups excluding carboxylic acids is 2. The number of anilines is 3. The molecule has 2 unspecified atom stereocenters. The number of rotatable bonds is 8. The van der Waals surface area contributed by atoms with Crippen molar-refractivity contribution in [2.75, 3.05) is 17.2 Å². The Kier molecular flexibility index (Phi) is 6.39. The predicted molar refractivity (Wildman–Crippen MR) is 138 cm³/mol. The van der Waals surface area contributed by atoms with E-state index < -0.39 is 11.9 Å². The smallest absolute Gasteiger partial charge is 0.352 e. The van der Waals surface area contributed by atoms with Gasteiger partial charge in [0, 0.05) is 42.4 Å². The molecule has 3 aromatic heterocycles. The maximum atomic E-state index is 13.5. The number of hydrogen-bond donors (Lipinski definition) is 3. The number of nitrogens with zero attached hydrogens (tertiary/aromatic N) is 5. The van der Waals surface area contributed by atoms with Crippen molar-refractivity contribution >= 4 is 39.9 Å². The van der Waals surface area contributed by atoms with E-state index in [0.29, 0.717) is 35.9 Å². The van der Waals surface area contributed by atoms with Crippen molar-refractivity contribution in [2.45, 2.75) is 63.6 Å². The molecule has 0 spiro atoms. The molecule has 39 heavy (non-hydrogen) atoms. The van der Waals surface area contributed by atoms with Crippen molar-refractivity contribution in [1.82, 2.24) is 29.9 Å². The van der Waals surface area contributed by atoms with Crippen LogP contribution in [0.25, 0.3) is 0 Å². The lowest BCUT2D eigenvalue weighted by Gasteiger charge is -2.31. The summed E-state index contributed by atoms with van der Waals surface area (Å²) in [4.78, 5) is 27.2. The van der Waals surface area contributed by atoms with Crippen LogP contribution in [-0.4, -0.2) is 42.9 Å². The van der Waals surface area contributed by atoms with Crippen molar-refractivity contribution in [3.63, 3.8) is 0 Å². The van der Waals surface area contributed by atoms with Crippen LogP contribution in [0.5, 0.6) is 0 Å². The predicted octanol–water partition coefficient (Wildman–Crippen LogP) is 4.61. The summed E-state index contributed by atoms with van der Waals surface area (Å²) in [7, 11) is 1.42. The fourth-order valence-corrected chi connectivity index (χ4v) is 6.51. The van der Waals surface area contributed by atoms with Crippen LogP contribution in [0.1, 0.15) is 77.5 Å². The van der Waals surface area contributed by atoms with Crippen molar-refractivity contribution in [2.24, 2.45) is 18.9 Å². The highest BCUT2D eigenvalue weighted by Gasteiger charge is 2.39. The summed E-state index contributed by atoms with van der Waals surface area (Å²) in [5.41, 5.74) is 0.413. The van der Waals surface area contributed by atoms with Crippen LogP contribution >= 0.6 is 11.3 Å². The summed E-state index contributed by atoms with van der Waals surface area (Å²) in [5, 5.41) is 21.3. The number of alkyl halides is 3. The quantitative estimate of drug-likeness (QED) is 0.369. The molecule has 2 saturated carbocycles. The normalized spacial score (nSPS) is 20.9. The lowest BCUT2D eigenvalue weighted by molar-refractivity contribution is -0.141. The number of thiophene rings is 1. The molecule has 14 heteroatoms. The molecule has 0 aromatic carbocycles. The molecule has 0 saturated heterocycles. The molecule has 208 valence electrons. The maximum absolute atomic E-state index is 13.5. The first-order chi connectivity index (χ1) is 18.6. The van der Waals surface area contributed by atoms with Crippen molar-refractivity contribution in [3.05, 3.63) is 34.1 Å². The van der Waals surface area contributed by atoms with Gasteiger partial charge in [-0.15, -0.1) is 21.5 Å². The third-order valence-electron chi connectivity index (χ3n) is 7.72. The van der Waals surface area contributed by atoms with Gasteiger partial charge < -0.3 is 16.0 Å². The summed E-state index contributed by atoms with van der Waals surface area (Å²) in [6.07, 6.45) is 2.31. The Morgan fingerprint density at radius 2 is 1.95 bits per heavy atom. The van der Waals surface area contributed by atoms with E-state index in [-0.39, 0.29) is 41.5 Å². The van der Waals surface area contributed by atoms with Gasteiger partial charge in [-0.3, -0.25) is 18.8 Å². The summed E-state index contributed by atoms with van der Waals surface area (Å²) in [6, 6.07) is 0.763. The van der Waals surface area contributed by atoms with E-state index in [9.17, 15) is 22.8 Å². The summed E-state index contributed by atoms with van der Waals surface area (Å²) >= 11 is 1.46. The highest BCUT2D eigenvalue weighted by atomic mass is 32.1. The molecule has 3 N–H and O–H groups in total. The fourth-order valence-electron chi connectivity index (χ4n) is 5.19. The summed E-state index contributed by atoms with van der Waals surface area (Å²) in [5.74, 6) is 0.544. The largest absolute Gasteiger partial charge is 0.435 e. The Bertz CT molecular complexity index is 1420. The van der Waals surface area contributed by atoms with Crippen LogP contribution in [0.4, 0.5) is 29.9 Å². The number of carbonyl (C=O) groups is 2. The van der Waals surface area contributed by atoms with Gasteiger partial charge in [0.25, 0.3) is 5.91 Å². The molecule has 0 radical (unpaired) electrons. The van der Waals surface area contributed by atoms with E-state index in [4.69, 9.17) is 0 Å². The van der Waals surface area contributed by atoms with Gasteiger partial charge in [0.05, 0.1) is 5.56 Å². The van der Waals surface area contributed by atoms with Crippen molar-refractivity contribution in [1.29, 1.82) is 0 Å². The molecule has 0 aliphatic heterocycles. The number of halogens is 3.